The maximum atomic E-state index is 13.2. The van der Waals surface area contributed by atoms with Crippen LogP contribution in [0, 0.1) is 0 Å². The molecule has 0 bridgehead atoms. The zero-order valence-corrected chi connectivity index (χ0v) is 18.1. The molecule has 0 fully saturated rings. The number of carbonyl (C=O) groups is 1. The lowest BCUT2D eigenvalue weighted by Crippen LogP contribution is -2.38. The number of ether oxygens (including phenoxy) is 1. The van der Waals surface area contributed by atoms with Gasteiger partial charge in [-0.2, -0.15) is 0 Å². The standard InChI is InChI=1S/C21H24BrN3O3/c1-5-17(20(26)23(2)13-14-9-11-15(28-4)12-10-14)25-18-8-6-7-16(22)19(18)24(3)21(25)27/h6-12,17H,5,13H2,1-4H3. The van der Waals surface area contributed by atoms with Crippen molar-refractivity contribution in [3.63, 3.8) is 0 Å². The number of likely N-dealkylation sites (N-methyl/N-ethyl adjacent to an activating group) is 1. The number of nitrogens with zero attached hydrogens (tertiary/aromatic N) is 3. The minimum absolute atomic E-state index is 0.0899. The Hall–Kier alpha value is -2.54. The van der Waals surface area contributed by atoms with E-state index in [9.17, 15) is 9.59 Å². The summed E-state index contributed by atoms with van der Waals surface area (Å²) in [6, 6.07) is 12.7. The molecule has 0 saturated carbocycles. The van der Waals surface area contributed by atoms with Crippen molar-refractivity contribution in [1.29, 1.82) is 0 Å². The number of amides is 1. The van der Waals surface area contributed by atoms with Gasteiger partial charge >= 0.3 is 5.69 Å². The summed E-state index contributed by atoms with van der Waals surface area (Å²) < 4.78 is 9.19. The van der Waals surface area contributed by atoms with Gasteiger partial charge in [0.1, 0.15) is 11.8 Å². The molecule has 0 spiro atoms. The number of aromatic nitrogens is 2. The second-order valence-corrected chi connectivity index (χ2v) is 7.64. The molecule has 3 aromatic rings. The first-order chi connectivity index (χ1) is 13.4. The largest absolute Gasteiger partial charge is 0.497 e. The molecule has 1 atom stereocenters. The highest BCUT2D eigenvalue weighted by Gasteiger charge is 2.27. The first kappa shape index (κ1) is 20.2. The summed E-state index contributed by atoms with van der Waals surface area (Å²) in [5.74, 6) is 0.685. The molecular formula is C21H24BrN3O3. The molecule has 0 N–H and O–H groups in total. The van der Waals surface area contributed by atoms with Crippen LogP contribution in [0.15, 0.2) is 51.7 Å². The van der Waals surface area contributed by atoms with Crippen LogP contribution in [-0.4, -0.2) is 34.1 Å². The van der Waals surface area contributed by atoms with Crippen molar-refractivity contribution in [2.75, 3.05) is 14.2 Å². The summed E-state index contributed by atoms with van der Waals surface area (Å²) in [5, 5.41) is 0. The zero-order valence-electron chi connectivity index (χ0n) is 16.5. The average molecular weight is 446 g/mol. The predicted octanol–water partition coefficient (Wildman–Crippen LogP) is 3.72. The van der Waals surface area contributed by atoms with Gasteiger partial charge in [-0.15, -0.1) is 0 Å². The van der Waals surface area contributed by atoms with Crippen LogP contribution in [0.5, 0.6) is 5.75 Å². The molecule has 0 aliphatic rings. The van der Waals surface area contributed by atoms with E-state index in [1.54, 1.807) is 35.2 Å². The Morgan fingerprint density at radius 1 is 1.21 bits per heavy atom. The highest BCUT2D eigenvalue weighted by atomic mass is 79.9. The summed E-state index contributed by atoms with van der Waals surface area (Å²) >= 11 is 3.51. The van der Waals surface area contributed by atoms with E-state index in [0.29, 0.717) is 13.0 Å². The van der Waals surface area contributed by atoms with Crippen molar-refractivity contribution in [3.05, 3.63) is 63.0 Å². The van der Waals surface area contributed by atoms with Gasteiger partial charge in [-0.25, -0.2) is 4.79 Å². The van der Waals surface area contributed by atoms with Crippen molar-refractivity contribution in [2.24, 2.45) is 7.05 Å². The molecule has 1 heterocycles. The van der Waals surface area contributed by atoms with E-state index in [-0.39, 0.29) is 11.6 Å². The van der Waals surface area contributed by atoms with E-state index in [1.807, 2.05) is 49.4 Å². The molecule has 1 amide bonds. The number of benzene rings is 2. The van der Waals surface area contributed by atoms with Crippen LogP contribution in [0.3, 0.4) is 0 Å². The molecule has 0 aliphatic carbocycles. The second kappa shape index (κ2) is 8.22. The van der Waals surface area contributed by atoms with Gasteiger partial charge in [-0.05, 0) is 52.2 Å². The molecule has 0 radical (unpaired) electrons. The van der Waals surface area contributed by atoms with E-state index in [2.05, 4.69) is 15.9 Å². The summed E-state index contributed by atoms with van der Waals surface area (Å²) in [7, 11) is 5.11. The molecule has 28 heavy (non-hydrogen) atoms. The molecule has 1 aromatic heterocycles. The number of hydrogen-bond donors (Lipinski definition) is 0. The Kier molecular flexibility index (Phi) is 5.93. The maximum Gasteiger partial charge on any atom is 0.329 e. The number of rotatable bonds is 6. The zero-order chi connectivity index (χ0) is 20.4. The third-order valence-electron chi connectivity index (χ3n) is 4.99. The van der Waals surface area contributed by atoms with Crippen LogP contribution < -0.4 is 10.4 Å². The number of methoxy groups -OCH3 is 1. The Labute approximate surface area is 172 Å². The fourth-order valence-electron chi connectivity index (χ4n) is 3.50. The van der Waals surface area contributed by atoms with Gasteiger partial charge in [0.2, 0.25) is 5.91 Å². The Morgan fingerprint density at radius 2 is 1.89 bits per heavy atom. The first-order valence-electron chi connectivity index (χ1n) is 9.12. The van der Waals surface area contributed by atoms with Crippen LogP contribution >= 0.6 is 15.9 Å². The normalized spacial score (nSPS) is 12.2. The van der Waals surface area contributed by atoms with Crippen molar-refractivity contribution >= 4 is 32.9 Å². The molecular weight excluding hydrogens is 422 g/mol. The molecule has 0 saturated heterocycles. The molecule has 7 heteroatoms. The maximum absolute atomic E-state index is 13.2. The predicted molar refractivity (Wildman–Crippen MR) is 114 cm³/mol. The van der Waals surface area contributed by atoms with Gasteiger partial charge in [0.15, 0.2) is 0 Å². The summed E-state index contributed by atoms with van der Waals surface area (Å²) in [4.78, 5) is 27.8. The van der Waals surface area contributed by atoms with Gasteiger partial charge < -0.3 is 9.64 Å². The van der Waals surface area contributed by atoms with E-state index in [0.717, 1.165) is 26.8 Å². The van der Waals surface area contributed by atoms with E-state index < -0.39 is 6.04 Å². The van der Waals surface area contributed by atoms with Crippen LogP contribution in [-0.2, 0) is 18.4 Å². The summed E-state index contributed by atoms with van der Waals surface area (Å²) in [6.45, 7) is 2.38. The molecule has 148 valence electrons. The van der Waals surface area contributed by atoms with Gasteiger partial charge in [0, 0.05) is 25.1 Å². The third-order valence-corrected chi connectivity index (χ3v) is 5.63. The summed E-state index contributed by atoms with van der Waals surface area (Å²) in [5.41, 5.74) is 2.34. The highest BCUT2D eigenvalue weighted by Crippen LogP contribution is 2.26. The van der Waals surface area contributed by atoms with Gasteiger partial charge in [0.25, 0.3) is 0 Å². The number of fused-ring (bicyclic) bond motifs is 1. The first-order valence-corrected chi connectivity index (χ1v) is 9.91. The Balaban J connectivity index is 1.93. The lowest BCUT2D eigenvalue weighted by molar-refractivity contribution is -0.134. The van der Waals surface area contributed by atoms with Gasteiger partial charge in [-0.1, -0.05) is 25.1 Å². The molecule has 6 nitrogen and oxygen atoms in total. The smallest absolute Gasteiger partial charge is 0.329 e. The van der Waals surface area contributed by atoms with Crippen LogP contribution in [0.4, 0.5) is 0 Å². The fraction of sp³-hybridized carbons (Fsp3) is 0.333. The van der Waals surface area contributed by atoms with Crippen LogP contribution in [0.1, 0.15) is 24.9 Å². The Morgan fingerprint density at radius 3 is 2.50 bits per heavy atom. The molecule has 0 aliphatic heterocycles. The van der Waals surface area contributed by atoms with E-state index in [4.69, 9.17) is 4.74 Å². The second-order valence-electron chi connectivity index (χ2n) is 6.79. The average Bonchev–Trinajstić information content (AvgIpc) is 2.95. The number of para-hydroxylation sites is 1. The number of aryl methyl sites for hydroxylation is 1. The minimum atomic E-state index is -0.561. The Bertz CT molecular complexity index is 1050. The minimum Gasteiger partial charge on any atom is -0.497 e. The van der Waals surface area contributed by atoms with Crippen LogP contribution in [0.25, 0.3) is 11.0 Å². The quantitative estimate of drug-likeness (QED) is 0.580. The van der Waals surface area contributed by atoms with Crippen molar-refractivity contribution in [3.8, 4) is 5.75 Å². The van der Waals surface area contributed by atoms with Crippen molar-refractivity contribution < 1.29 is 9.53 Å². The third kappa shape index (κ3) is 3.58. The van der Waals surface area contributed by atoms with Crippen molar-refractivity contribution in [2.45, 2.75) is 25.9 Å². The van der Waals surface area contributed by atoms with Crippen LogP contribution in [0.2, 0.25) is 0 Å². The molecule has 3 rings (SSSR count). The fourth-order valence-corrected chi connectivity index (χ4v) is 4.12. The number of carbonyl (C=O) groups excluding carboxylic acids is 1. The molecule has 1 unspecified atom stereocenters. The SMILES string of the molecule is CCC(C(=O)N(C)Cc1ccc(OC)cc1)n1c(=O)n(C)c2c(Br)cccc21. The summed E-state index contributed by atoms with van der Waals surface area (Å²) in [6.07, 6.45) is 0.525. The lowest BCUT2D eigenvalue weighted by Gasteiger charge is -2.24. The molecule has 2 aromatic carbocycles. The van der Waals surface area contributed by atoms with E-state index >= 15 is 0 Å². The monoisotopic (exact) mass is 445 g/mol. The number of imidazole rings is 1. The van der Waals surface area contributed by atoms with Gasteiger partial charge in [0.05, 0.1) is 18.1 Å². The van der Waals surface area contributed by atoms with Crippen molar-refractivity contribution in [1.82, 2.24) is 14.0 Å². The topological polar surface area (TPSA) is 56.5 Å². The number of halogens is 1. The highest BCUT2D eigenvalue weighted by molar-refractivity contribution is 9.10. The van der Waals surface area contributed by atoms with E-state index in [1.165, 1.54) is 0 Å². The van der Waals surface area contributed by atoms with Gasteiger partial charge in [-0.3, -0.25) is 13.9 Å². The lowest BCUT2D eigenvalue weighted by atomic mass is 10.1. The number of hydrogen-bond acceptors (Lipinski definition) is 3.